The summed E-state index contributed by atoms with van der Waals surface area (Å²) in [4.78, 5) is 13.4. The summed E-state index contributed by atoms with van der Waals surface area (Å²) < 4.78 is 2.67. The second-order valence-electron chi connectivity index (χ2n) is 14.6. The molecule has 2 aliphatic rings. The van der Waals surface area contributed by atoms with Crippen LogP contribution in [-0.2, 0) is 10.8 Å². The van der Waals surface area contributed by atoms with Gasteiger partial charge in [-0.05, 0) is 70.8 Å². The minimum absolute atomic E-state index is 0.291. The molecule has 0 fully saturated rings. The van der Waals surface area contributed by atoms with Crippen LogP contribution >= 0.6 is 11.3 Å². The van der Waals surface area contributed by atoms with E-state index in [9.17, 15) is 0 Å². The van der Waals surface area contributed by atoms with Gasteiger partial charge in [-0.25, -0.2) is 9.97 Å². The van der Waals surface area contributed by atoms with Gasteiger partial charge in [-0.1, -0.05) is 119 Å². The number of para-hydroxylation sites is 2. The summed E-state index contributed by atoms with van der Waals surface area (Å²) in [5, 5.41) is 2.65. The molecule has 0 spiro atoms. The van der Waals surface area contributed by atoms with Crippen LogP contribution in [0, 0.1) is 0 Å². The summed E-state index contributed by atoms with van der Waals surface area (Å²) >= 11 is 1.88. The lowest BCUT2D eigenvalue weighted by molar-refractivity contribution is 0.617. The molecule has 0 amide bonds. The molecule has 0 N–H and O–H groups in total. The molecule has 2 heterocycles. The molecule has 0 saturated heterocycles. The van der Waals surface area contributed by atoms with Crippen LogP contribution in [0.15, 0.2) is 140 Å². The Balaban J connectivity index is 1.08. The van der Waals surface area contributed by atoms with Crippen molar-refractivity contribution in [2.24, 2.45) is 0 Å². The highest BCUT2D eigenvalue weighted by Crippen LogP contribution is 2.54. The van der Waals surface area contributed by atoms with E-state index in [-0.39, 0.29) is 10.8 Å². The van der Waals surface area contributed by atoms with Gasteiger partial charge in [0, 0.05) is 59.2 Å². The Morgan fingerprint density at radius 1 is 0.480 bits per heavy atom. The summed E-state index contributed by atoms with van der Waals surface area (Å²) in [6.45, 7) is 9.22. The minimum Gasteiger partial charge on any atom is -0.310 e. The third kappa shape index (κ3) is 4.09. The van der Waals surface area contributed by atoms with Crippen molar-refractivity contribution in [3.8, 4) is 33.6 Å². The molecule has 4 heteroatoms. The normalized spacial score (nSPS) is 14.7. The summed E-state index contributed by atoms with van der Waals surface area (Å²) in [6, 6.07) is 50.5. The van der Waals surface area contributed by atoms with Gasteiger partial charge in [0.2, 0.25) is 0 Å². The molecule has 50 heavy (non-hydrogen) atoms. The molecule has 8 aromatic rings. The fraction of sp³-hybridized carbons (Fsp3) is 0.130. The first-order valence-electron chi connectivity index (χ1n) is 17.3. The Kier molecular flexibility index (Phi) is 6.14. The number of anilines is 3. The summed E-state index contributed by atoms with van der Waals surface area (Å²) in [5.41, 5.74) is 14.4. The molecule has 6 aromatic carbocycles. The molecule has 0 aliphatic heterocycles. The van der Waals surface area contributed by atoms with Gasteiger partial charge < -0.3 is 4.90 Å². The number of nitrogens with zero attached hydrogens (tertiary/aromatic N) is 3. The molecule has 3 nitrogen and oxygen atoms in total. The van der Waals surface area contributed by atoms with Crippen molar-refractivity contribution in [3.63, 3.8) is 0 Å². The minimum atomic E-state index is -0.314. The monoisotopic (exact) mass is 661 g/mol. The molecule has 2 aromatic heterocycles. The van der Waals surface area contributed by atoms with E-state index >= 15 is 0 Å². The van der Waals surface area contributed by atoms with Gasteiger partial charge in [0.1, 0.15) is 0 Å². The Morgan fingerprint density at radius 3 is 1.70 bits per heavy atom. The molecule has 0 bridgehead atoms. The van der Waals surface area contributed by atoms with Gasteiger partial charge in [0.05, 0.1) is 22.8 Å². The number of aromatic nitrogens is 2. The molecular weight excluding hydrogens is 627 g/mol. The van der Waals surface area contributed by atoms with E-state index in [2.05, 4.69) is 172 Å². The smallest absolute Gasteiger partial charge is 0.0933 e. The molecule has 0 saturated carbocycles. The standard InChI is InChI=1S/C46H35N3S/c1-45(2)37-26-28(32-19-13-20-34-33-18-11-12-21-39(33)50-42(32)34)22-24-35(37)40-43(45)48-41-36-25-23-31(27-38(36)46(3,4)44(41)47-40)49(29-14-7-5-8-15-29)30-16-9-6-10-17-30/h5-27H,1-4H3. The number of benzene rings is 6. The fourth-order valence-electron chi connectivity index (χ4n) is 8.34. The Bertz CT molecular complexity index is 2610. The molecule has 10 rings (SSSR count). The second-order valence-corrected chi connectivity index (χ2v) is 15.7. The van der Waals surface area contributed by atoms with Crippen LogP contribution < -0.4 is 4.90 Å². The van der Waals surface area contributed by atoms with Gasteiger partial charge in [-0.15, -0.1) is 11.3 Å². The average Bonchev–Trinajstić information content (AvgIpc) is 3.71. The van der Waals surface area contributed by atoms with Gasteiger partial charge in [-0.3, -0.25) is 0 Å². The van der Waals surface area contributed by atoms with E-state index in [0.717, 1.165) is 39.8 Å². The third-order valence-electron chi connectivity index (χ3n) is 11.0. The largest absolute Gasteiger partial charge is 0.310 e. The quantitative estimate of drug-likeness (QED) is 0.188. The van der Waals surface area contributed by atoms with Crippen molar-refractivity contribution in [1.29, 1.82) is 0 Å². The zero-order valence-corrected chi connectivity index (χ0v) is 29.3. The highest BCUT2D eigenvalue weighted by molar-refractivity contribution is 7.26. The Labute approximate surface area is 296 Å². The van der Waals surface area contributed by atoms with Crippen LogP contribution in [0.5, 0.6) is 0 Å². The van der Waals surface area contributed by atoms with Crippen LogP contribution in [0.1, 0.15) is 50.2 Å². The zero-order chi connectivity index (χ0) is 33.8. The average molecular weight is 662 g/mol. The predicted octanol–water partition coefficient (Wildman–Crippen LogP) is 12.6. The molecule has 0 atom stereocenters. The van der Waals surface area contributed by atoms with Crippen LogP contribution in [0.25, 0.3) is 53.8 Å². The number of hydrogen-bond donors (Lipinski definition) is 0. The summed E-state index contributed by atoms with van der Waals surface area (Å²) in [5.74, 6) is 0. The van der Waals surface area contributed by atoms with Crippen molar-refractivity contribution in [2.75, 3.05) is 4.90 Å². The lowest BCUT2D eigenvalue weighted by Gasteiger charge is -2.27. The van der Waals surface area contributed by atoms with Crippen LogP contribution in [0.2, 0.25) is 0 Å². The Hall–Kier alpha value is -5.58. The third-order valence-corrected chi connectivity index (χ3v) is 12.2. The molecule has 0 unspecified atom stereocenters. The summed E-state index contributed by atoms with van der Waals surface area (Å²) in [6.07, 6.45) is 0. The van der Waals surface area contributed by atoms with E-state index in [1.54, 1.807) is 0 Å². The van der Waals surface area contributed by atoms with Gasteiger partial charge in [-0.2, -0.15) is 0 Å². The van der Waals surface area contributed by atoms with Crippen LogP contribution in [0.3, 0.4) is 0 Å². The van der Waals surface area contributed by atoms with Crippen molar-refractivity contribution in [1.82, 2.24) is 9.97 Å². The van der Waals surface area contributed by atoms with Crippen molar-refractivity contribution in [3.05, 3.63) is 162 Å². The van der Waals surface area contributed by atoms with Crippen molar-refractivity contribution >= 4 is 48.6 Å². The first kappa shape index (κ1) is 29.3. The first-order chi connectivity index (χ1) is 24.3. The fourth-order valence-corrected chi connectivity index (χ4v) is 9.58. The van der Waals surface area contributed by atoms with E-state index in [4.69, 9.17) is 9.97 Å². The lowest BCUT2D eigenvalue weighted by atomic mass is 9.83. The van der Waals surface area contributed by atoms with E-state index in [1.165, 1.54) is 53.6 Å². The lowest BCUT2D eigenvalue weighted by Crippen LogP contribution is -2.20. The zero-order valence-electron chi connectivity index (χ0n) is 28.5. The molecule has 240 valence electrons. The van der Waals surface area contributed by atoms with E-state index in [1.807, 2.05) is 11.3 Å². The first-order valence-corrected chi connectivity index (χ1v) is 18.2. The van der Waals surface area contributed by atoms with Crippen LogP contribution in [0.4, 0.5) is 17.1 Å². The van der Waals surface area contributed by atoms with Crippen LogP contribution in [-0.4, -0.2) is 9.97 Å². The molecular formula is C46H35N3S. The maximum Gasteiger partial charge on any atom is 0.0933 e. The molecule has 0 radical (unpaired) electrons. The maximum atomic E-state index is 5.54. The van der Waals surface area contributed by atoms with Gasteiger partial charge in [0.15, 0.2) is 0 Å². The van der Waals surface area contributed by atoms with Gasteiger partial charge in [0.25, 0.3) is 0 Å². The van der Waals surface area contributed by atoms with Gasteiger partial charge >= 0.3 is 0 Å². The maximum absolute atomic E-state index is 5.54. The van der Waals surface area contributed by atoms with Crippen molar-refractivity contribution in [2.45, 2.75) is 38.5 Å². The number of fused-ring (bicyclic) bond motifs is 9. The van der Waals surface area contributed by atoms with E-state index in [0.29, 0.717) is 0 Å². The molecule has 2 aliphatic carbocycles. The summed E-state index contributed by atoms with van der Waals surface area (Å²) in [7, 11) is 0. The topological polar surface area (TPSA) is 29.0 Å². The number of hydrogen-bond acceptors (Lipinski definition) is 4. The SMILES string of the molecule is CC1(C)c2cc(-c3cccc4c3sc3ccccc34)ccc2-c2nc3c(nc21)-c1ccc(N(c2ccccc2)c2ccccc2)cc1C3(C)C. The second kappa shape index (κ2) is 10.5. The van der Waals surface area contributed by atoms with E-state index < -0.39 is 0 Å². The number of rotatable bonds is 4. The highest BCUT2D eigenvalue weighted by Gasteiger charge is 2.44. The van der Waals surface area contributed by atoms with Crippen molar-refractivity contribution < 1.29 is 0 Å². The highest BCUT2D eigenvalue weighted by atomic mass is 32.1. The Morgan fingerprint density at radius 2 is 1.04 bits per heavy atom. The number of thiophene rings is 1. The predicted molar refractivity (Wildman–Crippen MR) is 210 cm³/mol.